The van der Waals surface area contributed by atoms with Gasteiger partial charge in [-0.3, -0.25) is 4.79 Å². The summed E-state index contributed by atoms with van der Waals surface area (Å²) in [7, 11) is 0. The van der Waals surface area contributed by atoms with Crippen LogP contribution in [0, 0.1) is 0 Å². The minimum atomic E-state index is -0.519. The van der Waals surface area contributed by atoms with Gasteiger partial charge < -0.3 is 10.6 Å². The Hall–Kier alpha value is -1.54. The first-order valence-electron chi connectivity index (χ1n) is 5.83. The average molecular weight is 297 g/mol. The first-order chi connectivity index (χ1) is 9.03. The van der Waals surface area contributed by atoms with E-state index in [1.165, 1.54) is 22.7 Å². The maximum atomic E-state index is 12.1. The van der Waals surface area contributed by atoms with E-state index >= 15 is 0 Å². The predicted molar refractivity (Wildman–Crippen MR) is 76.7 cm³/mol. The van der Waals surface area contributed by atoms with Gasteiger partial charge in [-0.1, -0.05) is 11.3 Å². The van der Waals surface area contributed by atoms with Crippen molar-refractivity contribution in [1.82, 2.24) is 20.5 Å². The maximum absolute atomic E-state index is 12.1. The smallest absolute Gasteiger partial charge is 0.283 e. The first kappa shape index (κ1) is 13.9. The molecule has 0 aliphatic carbocycles. The highest BCUT2D eigenvalue weighted by Gasteiger charge is 2.27. The molecular formula is C11H15N5OS2. The number of nitrogens with one attached hydrogen (secondary N) is 2. The molecule has 0 bridgehead atoms. The van der Waals surface area contributed by atoms with Crippen LogP contribution in [0.1, 0.15) is 35.6 Å². The molecule has 2 aromatic heterocycles. The van der Waals surface area contributed by atoms with E-state index < -0.39 is 5.54 Å². The van der Waals surface area contributed by atoms with Crippen LogP contribution in [0.15, 0.2) is 11.6 Å². The second-order valence-electron chi connectivity index (χ2n) is 4.36. The monoisotopic (exact) mass is 297 g/mol. The predicted octanol–water partition coefficient (Wildman–Crippen LogP) is 2.09. The van der Waals surface area contributed by atoms with Crippen LogP contribution in [-0.2, 0) is 5.54 Å². The van der Waals surface area contributed by atoms with Gasteiger partial charge in [0.15, 0.2) is 0 Å². The quantitative estimate of drug-likeness (QED) is 0.883. The molecule has 0 saturated heterocycles. The van der Waals surface area contributed by atoms with Gasteiger partial charge in [0.05, 0.1) is 5.54 Å². The van der Waals surface area contributed by atoms with Crippen LogP contribution in [0.5, 0.6) is 0 Å². The Morgan fingerprint density at radius 1 is 1.42 bits per heavy atom. The van der Waals surface area contributed by atoms with Gasteiger partial charge in [0, 0.05) is 18.1 Å². The Labute approximate surface area is 119 Å². The number of nitrogens with zero attached hydrogens (tertiary/aromatic N) is 3. The lowest BCUT2D eigenvalue weighted by Gasteiger charge is -2.22. The molecule has 0 unspecified atom stereocenters. The third-order valence-corrected chi connectivity index (χ3v) is 4.32. The number of rotatable bonds is 5. The Morgan fingerprint density at radius 3 is 2.84 bits per heavy atom. The Bertz CT molecular complexity index is 549. The third kappa shape index (κ3) is 3.27. The van der Waals surface area contributed by atoms with E-state index in [4.69, 9.17) is 0 Å². The summed E-state index contributed by atoms with van der Waals surface area (Å²) < 4.78 is 0. The summed E-state index contributed by atoms with van der Waals surface area (Å²) in [6.07, 6.45) is 1.72. The summed E-state index contributed by atoms with van der Waals surface area (Å²) in [5.74, 6) is -0.234. The number of hydrogen-bond donors (Lipinski definition) is 2. The fourth-order valence-corrected chi connectivity index (χ4v) is 2.89. The SMILES string of the molecule is CCNc1nnc(C(=O)NC(C)(C)c2nccs2)s1. The molecule has 0 radical (unpaired) electrons. The Morgan fingerprint density at radius 2 is 2.21 bits per heavy atom. The molecule has 0 saturated carbocycles. The van der Waals surface area contributed by atoms with Crippen LogP contribution in [0.2, 0.25) is 0 Å². The molecule has 0 atom stereocenters. The van der Waals surface area contributed by atoms with Crippen molar-refractivity contribution in [2.75, 3.05) is 11.9 Å². The molecule has 1 amide bonds. The number of carbonyl (C=O) groups excluding carboxylic acids is 1. The molecule has 0 fully saturated rings. The van der Waals surface area contributed by atoms with Crippen molar-refractivity contribution in [3.63, 3.8) is 0 Å². The van der Waals surface area contributed by atoms with Gasteiger partial charge in [-0.2, -0.15) is 0 Å². The van der Waals surface area contributed by atoms with E-state index in [1.807, 2.05) is 26.2 Å². The second kappa shape index (κ2) is 5.62. The molecule has 2 N–H and O–H groups in total. The van der Waals surface area contributed by atoms with Gasteiger partial charge in [-0.15, -0.1) is 21.5 Å². The van der Waals surface area contributed by atoms with Gasteiger partial charge in [-0.05, 0) is 20.8 Å². The van der Waals surface area contributed by atoms with Gasteiger partial charge >= 0.3 is 0 Å². The van der Waals surface area contributed by atoms with Crippen LogP contribution in [0.3, 0.4) is 0 Å². The number of anilines is 1. The largest absolute Gasteiger partial charge is 0.360 e. The number of amides is 1. The fraction of sp³-hybridized carbons (Fsp3) is 0.455. The lowest BCUT2D eigenvalue weighted by atomic mass is 10.1. The lowest BCUT2D eigenvalue weighted by Crippen LogP contribution is -2.40. The van der Waals surface area contributed by atoms with E-state index in [1.54, 1.807) is 6.20 Å². The van der Waals surface area contributed by atoms with Crippen molar-refractivity contribution < 1.29 is 4.79 Å². The zero-order valence-electron chi connectivity index (χ0n) is 10.9. The van der Waals surface area contributed by atoms with Crippen molar-refractivity contribution in [2.45, 2.75) is 26.3 Å². The zero-order chi connectivity index (χ0) is 13.9. The summed E-state index contributed by atoms with van der Waals surface area (Å²) in [4.78, 5) is 16.3. The maximum Gasteiger partial charge on any atom is 0.283 e. The number of hydrogen-bond acceptors (Lipinski definition) is 7. The molecule has 2 heterocycles. The Balaban J connectivity index is 2.08. The molecule has 0 aliphatic heterocycles. The molecule has 0 aliphatic rings. The van der Waals surface area contributed by atoms with E-state index in [9.17, 15) is 4.79 Å². The first-order valence-corrected chi connectivity index (χ1v) is 7.52. The molecule has 0 aromatic carbocycles. The Kier molecular flexibility index (Phi) is 4.11. The summed E-state index contributed by atoms with van der Waals surface area (Å²) in [5.41, 5.74) is -0.519. The van der Waals surface area contributed by atoms with Gasteiger partial charge in [-0.25, -0.2) is 4.98 Å². The second-order valence-corrected chi connectivity index (χ2v) is 6.23. The highest BCUT2D eigenvalue weighted by molar-refractivity contribution is 7.17. The van der Waals surface area contributed by atoms with Crippen LogP contribution in [0.4, 0.5) is 5.13 Å². The number of thiazole rings is 1. The average Bonchev–Trinajstić information content (AvgIpc) is 2.99. The summed E-state index contributed by atoms with van der Waals surface area (Å²) in [5, 5.41) is 17.5. The highest BCUT2D eigenvalue weighted by atomic mass is 32.1. The van der Waals surface area contributed by atoms with E-state index in [0.29, 0.717) is 10.1 Å². The van der Waals surface area contributed by atoms with Crippen molar-refractivity contribution in [2.24, 2.45) is 0 Å². The molecule has 19 heavy (non-hydrogen) atoms. The fourth-order valence-electron chi connectivity index (χ4n) is 1.46. The number of carbonyl (C=O) groups is 1. The molecule has 2 rings (SSSR count). The highest BCUT2D eigenvalue weighted by Crippen LogP contribution is 2.23. The topological polar surface area (TPSA) is 79.8 Å². The van der Waals surface area contributed by atoms with Crippen LogP contribution in [-0.4, -0.2) is 27.6 Å². The van der Waals surface area contributed by atoms with Crippen molar-refractivity contribution in [3.05, 3.63) is 21.6 Å². The number of aromatic nitrogens is 3. The molecule has 102 valence electrons. The molecule has 8 heteroatoms. The summed E-state index contributed by atoms with van der Waals surface area (Å²) in [6.45, 7) is 6.54. The minimum Gasteiger partial charge on any atom is -0.360 e. The molecular weight excluding hydrogens is 282 g/mol. The van der Waals surface area contributed by atoms with Crippen LogP contribution in [0.25, 0.3) is 0 Å². The van der Waals surface area contributed by atoms with Gasteiger partial charge in [0.1, 0.15) is 5.01 Å². The zero-order valence-corrected chi connectivity index (χ0v) is 12.6. The van der Waals surface area contributed by atoms with Crippen molar-refractivity contribution in [1.29, 1.82) is 0 Å². The van der Waals surface area contributed by atoms with Crippen molar-refractivity contribution in [3.8, 4) is 0 Å². The standard InChI is InChI=1S/C11H15N5OS2/c1-4-12-10-16-15-8(19-10)7(17)14-11(2,3)9-13-5-6-18-9/h5-6H,4H2,1-3H3,(H,12,16)(H,14,17). The van der Waals surface area contributed by atoms with Gasteiger partial charge in [0.25, 0.3) is 5.91 Å². The minimum absolute atomic E-state index is 0.234. The molecule has 2 aromatic rings. The lowest BCUT2D eigenvalue weighted by molar-refractivity contribution is 0.0911. The summed E-state index contributed by atoms with van der Waals surface area (Å²) in [6, 6.07) is 0. The van der Waals surface area contributed by atoms with Crippen LogP contribution >= 0.6 is 22.7 Å². The van der Waals surface area contributed by atoms with E-state index in [0.717, 1.165) is 11.6 Å². The molecule has 0 spiro atoms. The van der Waals surface area contributed by atoms with Crippen molar-refractivity contribution >= 4 is 33.7 Å². The molecule has 6 nitrogen and oxygen atoms in total. The summed E-state index contributed by atoms with van der Waals surface area (Å²) >= 11 is 2.75. The van der Waals surface area contributed by atoms with Gasteiger partial charge in [0.2, 0.25) is 10.1 Å². The van der Waals surface area contributed by atoms with E-state index in [-0.39, 0.29) is 5.91 Å². The third-order valence-electron chi connectivity index (χ3n) is 2.34. The van der Waals surface area contributed by atoms with Crippen LogP contribution < -0.4 is 10.6 Å². The van der Waals surface area contributed by atoms with E-state index in [2.05, 4.69) is 25.8 Å². The normalized spacial score (nSPS) is 11.3.